The number of likely N-dealkylation sites (tertiary alicyclic amines) is 1. The average molecular weight is 261 g/mol. The van der Waals surface area contributed by atoms with Crippen molar-refractivity contribution in [3.8, 4) is 5.75 Å². The van der Waals surface area contributed by atoms with E-state index in [1.165, 1.54) is 0 Å². The average Bonchev–Trinajstić information content (AvgIpc) is 2.82. The van der Waals surface area contributed by atoms with Gasteiger partial charge in [0.2, 0.25) is 0 Å². The Morgan fingerprint density at radius 2 is 2.26 bits per heavy atom. The van der Waals surface area contributed by atoms with E-state index in [0.29, 0.717) is 25.3 Å². The number of hydrogen-bond donors (Lipinski definition) is 1. The van der Waals surface area contributed by atoms with E-state index in [1.807, 2.05) is 25.1 Å². The van der Waals surface area contributed by atoms with Gasteiger partial charge in [-0.15, -0.1) is 0 Å². The minimum Gasteiger partial charge on any atom is -0.493 e. The van der Waals surface area contributed by atoms with E-state index in [2.05, 4.69) is 0 Å². The third-order valence-corrected chi connectivity index (χ3v) is 3.91. The Labute approximate surface area is 113 Å². The number of nitrogens with zero attached hydrogens (tertiary/aromatic N) is 1. The minimum atomic E-state index is -0.662. The predicted octanol–water partition coefficient (Wildman–Crippen LogP) is 1.61. The lowest BCUT2D eigenvalue weighted by atomic mass is 9.88. The van der Waals surface area contributed by atoms with Gasteiger partial charge in [-0.1, -0.05) is 13.3 Å². The van der Waals surface area contributed by atoms with Crippen molar-refractivity contribution in [3.05, 3.63) is 29.3 Å². The first-order chi connectivity index (χ1) is 9.11. The SMILES string of the molecule is CCCC1(O)CN(C(=O)c2ccc3c(c2)CCO3)C1. The molecule has 1 fully saturated rings. The summed E-state index contributed by atoms with van der Waals surface area (Å²) < 4.78 is 5.43. The smallest absolute Gasteiger partial charge is 0.254 e. The monoisotopic (exact) mass is 261 g/mol. The molecule has 4 heteroatoms. The van der Waals surface area contributed by atoms with Crippen LogP contribution < -0.4 is 4.74 Å². The van der Waals surface area contributed by atoms with Gasteiger partial charge >= 0.3 is 0 Å². The molecule has 1 aromatic rings. The van der Waals surface area contributed by atoms with Crippen LogP contribution in [0.15, 0.2) is 18.2 Å². The zero-order chi connectivity index (χ0) is 13.5. The number of carbonyl (C=O) groups is 1. The van der Waals surface area contributed by atoms with Gasteiger partial charge < -0.3 is 14.7 Å². The highest BCUT2D eigenvalue weighted by Crippen LogP contribution is 2.30. The van der Waals surface area contributed by atoms with E-state index in [9.17, 15) is 9.90 Å². The number of β-amino-alcohol motifs (C(OH)–C–C–N with tert-alkyl or cyclic N) is 1. The van der Waals surface area contributed by atoms with Gasteiger partial charge in [-0.2, -0.15) is 0 Å². The number of rotatable bonds is 3. The number of ether oxygens (including phenoxy) is 1. The summed E-state index contributed by atoms with van der Waals surface area (Å²) in [6.45, 7) is 3.65. The molecule has 0 aromatic heterocycles. The van der Waals surface area contributed by atoms with E-state index in [0.717, 1.165) is 30.6 Å². The molecule has 2 aliphatic heterocycles. The molecule has 0 atom stereocenters. The molecule has 2 heterocycles. The molecule has 0 radical (unpaired) electrons. The Hall–Kier alpha value is -1.55. The first-order valence-corrected chi connectivity index (χ1v) is 6.89. The van der Waals surface area contributed by atoms with Gasteiger partial charge in [-0.05, 0) is 30.2 Å². The first kappa shape index (κ1) is 12.5. The fourth-order valence-electron chi connectivity index (χ4n) is 2.93. The lowest BCUT2D eigenvalue weighted by molar-refractivity contribution is -0.0860. The van der Waals surface area contributed by atoms with Crippen molar-refractivity contribution in [2.45, 2.75) is 31.8 Å². The Morgan fingerprint density at radius 1 is 1.47 bits per heavy atom. The standard InChI is InChI=1S/C15H19NO3/c1-2-6-15(18)9-16(10-15)14(17)12-3-4-13-11(8-12)5-7-19-13/h3-4,8,18H,2,5-7,9-10H2,1H3. The Kier molecular flexibility index (Phi) is 2.97. The summed E-state index contributed by atoms with van der Waals surface area (Å²) in [6, 6.07) is 5.60. The van der Waals surface area contributed by atoms with Crippen LogP contribution in [-0.4, -0.2) is 41.2 Å². The normalized spacial score (nSPS) is 19.6. The largest absolute Gasteiger partial charge is 0.493 e. The van der Waals surface area contributed by atoms with Gasteiger partial charge in [0, 0.05) is 12.0 Å². The summed E-state index contributed by atoms with van der Waals surface area (Å²) in [4.78, 5) is 14.0. The van der Waals surface area contributed by atoms with Crippen LogP contribution >= 0.6 is 0 Å². The zero-order valence-corrected chi connectivity index (χ0v) is 11.2. The second kappa shape index (κ2) is 4.53. The van der Waals surface area contributed by atoms with Crippen molar-refractivity contribution in [1.29, 1.82) is 0 Å². The van der Waals surface area contributed by atoms with Crippen molar-refractivity contribution in [2.75, 3.05) is 19.7 Å². The number of amides is 1. The van der Waals surface area contributed by atoms with Gasteiger partial charge in [0.25, 0.3) is 5.91 Å². The highest BCUT2D eigenvalue weighted by atomic mass is 16.5. The van der Waals surface area contributed by atoms with Crippen LogP contribution in [0, 0.1) is 0 Å². The summed E-state index contributed by atoms with van der Waals surface area (Å²) in [7, 11) is 0. The summed E-state index contributed by atoms with van der Waals surface area (Å²) in [5, 5.41) is 10.1. The maximum absolute atomic E-state index is 12.3. The highest BCUT2D eigenvalue weighted by Gasteiger charge is 2.42. The summed E-state index contributed by atoms with van der Waals surface area (Å²) in [5.41, 5.74) is 1.14. The van der Waals surface area contributed by atoms with Crippen LogP contribution in [0.2, 0.25) is 0 Å². The van der Waals surface area contributed by atoms with Crippen molar-refractivity contribution >= 4 is 5.91 Å². The summed E-state index contributed by atoms with van der Waals surface area (Å²) in [5.74, 6) is 0.901. The van der Waals surface area contributed by atoms with Gasteiger partial charge in [-0.25, -0.2) is 0 Å². The highest BCUT2D eigenvalue weighted by molar-refractivity contribution is 5.95. The van der Waals surface area contributed by atoms with Crippen LogP contribution in [0.3, 0.4) is 0 Å². The second-order valence-electron chi connectivity index (χ2n) is 5.56. The molecular formula is C15H19NO3. The van der Waals surface area contributed by atoms with Gasteiger partial charge in [0.15, 0.2) is 0 Å². The van der Waals surface area contributed by atoms with Crippen LogP contribution in [0.1, 0.15) is 35.7 Å². The molecule has 102 valence electrons. The van der Waals surface area contributed by atoms with Crippen LogP contribution in [0.5, 0.6) is 5.75 Å². The maximum Gasteiger partial charge on any atom is 0.254 e. The Balaban J connectivity index is 1.69. The molecule has 1 N–H and O–H groups in total. The van der Waals surface area contributed by atoms with Crippen LogP contribution in [-0.2, 0) is 6.42 Å². The van der Waals surface area contributed by atoms with E-state index < -0.39 is 5.60 Å². The fraction of sp³-hybridized carbons (Fsp3) is 0.533. The first-order valence-electron chi connectivity index (χ1n) is 6.89. The fourth-order valence-corrected chi connectivity index (χ4v) is 2.93. The maximum atomic E-state index is 12.3. The topological polar surface area (TPSA) is 49.8 Å². The molecule has 1 saturated heterocycles. The van der Waals surface area contributed by atoms with Gasteiger partial charge in [-0.3, -0.25) is 4.79 Å². The molecule has 0 bridgehead atoms. The summed E-state index contributed by atoms with van der Waals surface area (Å²) in [6.07, 6.45) is 2.57. The van der Waals surface area contributed by atoms with E-state index in [4.69, 9.17) is 4.74 Å². The molecule has 3 rings (SSSR count). The van der Waals surface area contributed by atoms with E-state index >= 15 is 0 Å². The molecule has 1 amide bonds. The third kappa shape index (κ3) is 2.21. The number of aliphatic hydroxyl groups is 1. The van der Waals surface area contributed by atoms with Crippen LogP contribution in [0.4, 0.5) is 0 Å². The lowest BCUT2D eigenvalue weighted by Crippen LogP contribution is -2.63. The predicted molar refractivity (Wildman–Crippen MR) is 71.4 cm³/mol. The number of fused-ring (bicyclic) bond motifs is 1. The number of benzene rings is 1. The lowest BCUT2D eigenvalue weighted by Gasteiger charge is -2.46. The molecule has 0 aliphatic carbocycles. The third-order valence-electron chi connectivity index (χ3n) is 3.91. The molecular weight excluding hydrogens is 242 g/mol. The van der Waals surface area contributed by atoms with Crippen molar-refractivity contribution in [1.82, 2.24) is 4.90 Å². The van der Waals surface area contributed by atoms with Gasteiger partial charge in [0.05, 0.1) is 25.3 Å². The van der Waals surface area contributed by atoms with Crippen molar-refractivity contribution in [3.63, 3.8) is 0 Å². The van der Waals surface area contributed by atoms with Crippen molar-refractivity contribution in [2.24, 2.45) is 0 Å². The zero-order valence-electron chi connectivity index (χ0n) is 11.2. The molecule has 0 unspecified atom stereocenters. The molecule has 19 heavy (non-hydrogen) atoms. The quantitative estimate of drug-likeness (QED) is 0.899. The molecule has 0 saturated carbocycles. The van der Waals surface area contributed by atoms with Crippen molar-refractivity contribution < 1.29 is 14.6 Å². The minimum absolute atomic E-state index is 0.00970. The molecule has 1 aromatic carbocycles. The Morgan fingerprint density at radius 3 is 3.00 bits per heavy atom. The van der Waals surface area contributed by atoms with E-state index in [1.54, 1.807) is 4.90 Å². The second-order valence-corrected chi connectivity index (χ2v) is 5.56. The van der Waals surface area contributed by atoms with Crippen LogP contribution in [0.25, 0.3) is 0 Å². The van der Waals surface area contributed by atoms with E-state index in [-0.39, 0.29) is 5.91 Å². The summed E-state index contributed by atoms with van der Waals surface area (Å²) >= 11 is 0. The molecule has 0 spiro atoms. The number of carbonyl (C=O) groups excluding carboxylic acids is 1. The Bertz CT molecular complexity index is 506. The number of hydrogen-bond acceptors (Lipinski definition) is 3. The molecule has 2 aliphatic rings. The van der Waals surface area contributed by atoms with Gasteiger partial charge in [0.1, 0.15) is 5.75 Å². The molecule has 4 nitrogen and oxygen atoms in total.